The number of nitrogens with two attached hydrogens (primary N) is 1. The van der Waals surface area contributed by atoms with Crippen molar-refractivity contribution < 1.29 is 4.39 Å². The molecule has 0 atom stereocenters. The van der Waals surface area contributed by atoms with E-state index in [0.717, 1.165) is 0 Å². The van der Waals surface area contributed by atoms with E-state index in [1.54, 1.807) is 12.3 Å². The van der Waals surface area contributed by atoms with Gasteiger partial charge in [0.1, 0.15) is 5.82 Å². The molecular formula is C9H7FN6. The van der Waals surface area contributed by atoms with Crippen LogP contribution in [0.5, 0.6) is 0 Å². The molecule has 0 aliphatic carbocycles. The van der Waals surface area contributed by atoms with Crippen LogP contribution in [0.3, 0.4) is 0 Å². The maximum atomic E-state index is 13.2. The molecule has 16 heavy (non-hydrogen) atoms. The summed E-state index contributed by atoms with van der Waals surface area (Å²) in [5, 5.41) is 14.1. The number of hydrogen-bond donors (Lipinski definition) is 2. The lowest BCUT2D eigenvalue weighted by molar-refractivity contribution is 0.629. The van der Waals surface area contributed by atoms with Crippen molar-refractivity contribution in [3.05, 3.63) is 30.2 Å². The average molecular weight is 218 g/mol. The van der Waals surface area contributed by atoms with Crippen LogP contribution in [0.4, 0.5) is 4.39 Å². The smallest absolute Gasteiger partial charge is 0.206 e. The summed E-state index contributed by atoms with van der Waals surface area (Å²) in [6.45, 7) is 0. The summed E-state index contributed by atoms with van der Waals surface area (Å²) in [7, 11) is 0. The maximum absolute atomic E-state index is 13.2. The summed E-state index contributed by atoms with van der Waals surface area (Å²) in [4.78, 5) is 0. The topological polar surface area (TPSA) is 85.4 Å². The number of halogens is 1. The van der Waals surface area contributed by atoms with Crippen LogP contribution in [-0.4, -0.2) is 25.3 Å². The van der Waals surface area contributed by atoms with Crippen LogP contribution in [0.1, 0.15) is 0 Å². The number of nitrogens with one attached hydrogen (secondary N) is 1. The lowest BCUT2D eigenvalue weighted by Gasteiger charge is -1.94. The Kier molecular flexibility index (Phi) is 1.67. The molecule has 0 radical (unpaired) electrons. The first-order valence-corrected chi connectivity index (χ1v) is 4.55. The summed E-state index contributed by atoms with van der Waals surface area (Å²) in [5.41, 5.74) is 1.35. The van der Waals surface area contributed by atoms with E-state index < -0.39 is 0 Å². The van der Waals surface area contributed by atoms with Crippen molar-refractivity contribution in [3.8, 4) is 11.4 Å². The van der Waals surface area contributed by atoms with Gasteiger partial charge in [0.2, 0.25) is 5.82 Å². The predicted molar refractivity (Wildman–Crippen MR) is 55.2 cm³/mol. The molecule has 3 aromatic rings. The lowest BCUT2D eigenvalue weighted by atomic mass is 10.1. The van der Waals surface area contributed by atoms with E-state index in [1.165, 1.54) is 16.8 Å². The van der Waals surface area contributed by atoms with Gasteiger partial charge in [0.25, 0.3) is 0 Å². The van der Waals surface area contributed by atoms with Crippen LogP contribution < -0.4 is 5.84 Å². The highest BCUT2D eigenvalue weighted by Gasteiger charge is 2.12. The van der Waals surface area contributed by atoms with Gasteiger partial charge >= 0.3 is 0 Å². The Morgan fingerprint density at radius 1 is 1.38 bits per heavy atom. The molecular weight excluding hydrogens is 211 g/mol. The summed E-state index contributed by atoms with van der Waals surface area (Å²) in [5.74, 6) is 5.80. The van der Waals surface area contributed by atoms with E-state index in [9.17, 15) is 4.39 Å². The number of aromatic amines is 1. The molecule has 7 heteroatoms. The number of aromatic nitrogens is 5. The molecule has 0 aliphatic rings. The van der Waals surface area contributed by atoms with Gasteiger partial charge in [-0.3, -0.25) is 4.68 Å². The van der Waals surface area contributed by atoms with Gasteiger partial charge in [-0.25, -0.2) is 4.39 Å². The number of benzene rings is 1. The van der Waals surface area contributed by atoms with Gasteiger partial charge < -0.3 is 5.84 Å². The minimum Gasteiger partial charge on any atom is -0.339 e. The van der Waals surface area contributed by atoms with Crippen molar-refractivity contribution in [1.29, 1.82) is 0 Å². The minimum absolute atomic E-state index is 0.330. The Morgan fingerprint density at radius 2 is 2.25 bits per heavy atom. The van der Waals surface area contributed by atoms with Crippen molar-refractivity contribution in [2.75, 3.05) is 5.84 Å². The normalized spacial score (nSPS) is 11.1. The SMILES string of the molecule is Nn1cc(-c2nn[nH]n2)c2cc(F)ccc21. The first-order chi connectivity index (χ1) is 7.75. The molecule has 1 aromatic carbocycles. The van der Waals surface area contributed by atoms with Gasteiger partial charge in [-0.1, -0.05) is 0 Å². The molecule has 0 amide bonds. The van der Waals surface area contributed by atoms with Crippen LogP contribution >= 0.6 is 0 Å². The molecule has 80 valence electrons. The van der Waals surface area contributed by atoms with Crippen LogP contribution in [0.2, 0.25) is 0 Å². The quantitative estimate of drug-likeness (QED) is 0.588. The van der Waals surface area contributed by atoms with E-state index in [0.29, 0.717) is 22.3 Å². The number of tetrazole rings is 1. The molecule has 0 bridgehead atoms. The zero-order chi connectivity index (χ0) is 11.1. The Labute approximate surface area is 88.8 Å². The Bertz CT molecular complexity index is 641. The number of rotatable bonds is 1. The van der Waals surface area contributed by atoms with Gasteiger partial charge in [-0.2, -0.15) is 5.21 Å². The molecule has 0 saturated heterocycles. The van der Waals surface area contributed by atoms with E-state index >= 15 is 0 Å². The van der Waals surface area contributed by atoms with E-state index in [2.05, 4.69) is 20.6 Å². The van der Waals surface area contributed by atoms with Crippen LogP contribution in [0, 0.1) is 5.82 Å². The summed E-state index contributed by atoms with van der Waals surface area (Å²) >= 11 is 0. The highest BCUT2D eigenvalue weighted by molar-refractivity contribution is 5.94. The predicted octanol–water partition coefficient (Wildman–Crippen LogP) is 0.674. The van der Waals surface area contributed by atoms with Crippen LogP contribution in [0.25, 0.3) is 22.3 Å². The summed E-state index contributed by atoms with van der Waals surface area (Å²) in [6.07, 6.45) is 1.63. The van der Waals surface area contributed by atoms with Crippen LogP contribution in [-0.2, 0) is 0 Å². The first kappa shape index (κ1) is 8.84. The zero-order valence-electron chi connectivity index (χ0n) is 8.05. The third kappa shape index (κ3) is 1.14. The molecule has 3 rings (SSSR count). The van der Waals surface area contributed by atoms with E-state index in [1.807, 2.05) is 0 Å². The molecule has 2 heterocycles. The molecule has 3 N–H and O–H groups in total. The number of fused-ring (bicyclic) bond motifs is 1. The minimum atomic E-state index is -0.330. The van der Waals surface area contributed by atoms with Crippen molar-refractivity contribution >= 4 is 10.9 Å². The number of H-pyrrole nitrogens is 1. The maximum Gasteiger partial charge on any atom is 0.206 e. The molecule has 0 fully saturated rings. The standard InChI is InChI=1S/C9H7FN6/c10-5-1-2-8-6(3-5)7(4-16(8)11)9-12-14-15-13-9/h1-4H,11H2,(H,12,13,14,15). The number of hydrogen-bond acceptors (Lipinski definition) is 4. The van der Waals surface area contributed by atoms with Crippen molar-refractivity contribution in [1.82, 2.24) is 25.3 Å². The Balaban J connectivity index is 2.37. The highest BCUT2D eigenvalue weighted by atomic mass is 19.1. The Morgan fingerprint density at radius 3 is 3.00 bits per heavy atom. The molecule has 2 aromatic heterocycles. The van der Waals surface area contributed by atoms with Crippen molar-refractivity contribution in [2.45, 2.75) is 0 Å². The second-order valence-corrected chi connectivity index (χ2v) is 3.35. The van der Waals surface area contributed by atoms with Gasteiger partial charge in [0, 0.05) is 11.6 Å². The fraction of sp³-hybridized carbons (Fsp3) is 0. The molecule has 6 nitrogen and oxygen atoms in total. The molecule has 0 saturated carbocycles. The average Bonchev–Trinajstić information content (AvgIpc) is 2.86. The molecule has 0 unspecified atom stereocenters. The van der Waals surface area contributed by atoms with Gasteiger partial charge in [-0.05, 0) is 23.4 Å². The number of nitrogens with zero attached hydrogens (tertiary/aromatic N) is 4. The number of nitrogen functional groups attached to an aromatic ring is 1. The highest BCUT2D eigenvalue weighted by Crippen LogP contribution is 2.27. The third-order valence-corrected chi connectivity index (χ3v) is 2.38. The third-order valence-electron chi connectivity index (χ3n) is 2.38. The summed E-state index contributed by atoms with van der Waals surface area (Å²) in [6, 6.07) is 4.35. The van der Waals surface area contributed by atoms with Crippen molar-refractivity contribution in [2.24, 2.45) is 0 Å². The summed E-state index contributed by atoms with van der Waals surface area (Å²) < 4.78 is 14.6. The largest absolute Gasteiger partial charge is 0.339 e. The van der Waals surface area contributed by atoms with Gasteiger partial charge in [0.15, 0.2) is 0 Å². The second kappa shape index (κ2) is 3.02. The van der Waals surface area contributed by atoms with Crippen molar-refractivity contribution in [3.63, 3.8) is 0 Å². The molecule has 0 aliphatic heterocycles. The zero-order valence-corrected chi connectivity index (χ0v) is 8.05. The van der Waals surface area contributed by atoms with Crippen LogP contribution in [0.15, 0.2) is 24.4 Å². The second-order valence-electron chi connectivity index (χ2n) is 3.35. The first-order valence-electron chi connectivity index (χ1n) is 4.55. The fourth-order valence-corrected chi connectivity index (χ4v) is 1.68. The fourth-order valence-electron chi connectivity index (χ4n) is 1.68. The monoisotopic (exact) mass is 218 g/mol. The van der Waals surface area contributed by atoms with E-state index in [4.69, 9.17) is 5.84 Å². The van der Waals surface area contributed by atoms with E-state index in [-0.39, 0.29) is 5.82 Å². The van der Waals surface area contributed by atoms with Gasteiger partial charge in [0.05, 0.1) is 11.1 Å². The molecule has 0 spiro atoms. The lowest BCUT2D eigenvalue weighted by Crippen LogP contribution is -2.04. The Hall–Kier alpha value is -2.44. The van der Waals surface area contributed by atoms with Gasteiger partial charge in [-0.15, -0.1) is 10.2 Å².